The molecule has 0 N–H and O–H groups in total. The fraction of sp³-hybridized carbons (Fsp3) is 0.714. The number of hydrogen-bond donors (Lipinski definition) is 0. The van der Waals surface area contributed by atoms with Gasteiger partial charge in [-0.3, -0.25) is 4.79 Å². The summed E-state index contributed by atoms with van der Waals surface area (Å²) >= 11 is 0. The molecule has 1 heterocycles. The minimum Gasteiger partial charge on any atom is -0.478 e. The monoisotopic (exact) mass is 765 g/mol. The number of nitrogens with zero attached hydrogens (tertiary/aromatic N) is 2. The maximum Gasteiger partial charge on any atom is 0.307 e. The van der Waals surface area contributed by atoms with Crippen molar-refractivity contribution in [1.82, 2.24) is 9.88 Å². The summed E-state index contributed by atoms with van der Waals surface area (Å²) in [7, 11) is 0. The van der Waals surface area contributed by atoms with Gasteiger partial charge in [0.1, 0.15) is 6.61 Å². The van der Waals surface area contributed by atoms with Gasteiger partial charge in [-0.1, -0.05) is 153 Å². The Balaban J connectivity index is 2.36. The molecule has 6 heteroatoms. The third-order valence-corrected chi connectivity index (χ3v) is 9.95. The quantitative estimate of drug-likeness (QED) is 0.0378. The van der Waals surface area contributed by atoms with Crippen LogP contribution >= 0.6 is 0 Å². The van der Waals surface area contributed by atoms with Crippen molar-refractivity contribution < 1.29 is 19.0 Å². The molecule has 0 aliphatic heterocycles. The topological polar surface area (TPSA) is 60.9 Å². The summed E-state index contributed by atoms with van der Waals surface area (Å²) in [4.78, 5) is 19.4. The molecule has 0 aliphatic carbocycles. The summed E-state index contributed by atoms with van der Waals surface area (Å²) < 4.78 is 17.8. The Labute approximate surface area is 339 Å². The van der Waals surface area contributed by atoms with Crippen molar-refractivity contribution in [2.45, 2.75) is 195 Å². The van der Waals surface area contributed by atoms with Crippen molar-refractivity contribution in [1.29, 1.82) is 0 Å². The van der Waals surface area contributed by atoms with Crippen LogP contribution in [0.15, 0.2) is 60.7 Å². The molecule has 0 saturated heterocycles. The molecule has 0 saturated carbocycles. The molecule has 0 bridgehead atoms. The number of carbonyl (C=O) groups excluding carboxylic acids is 1. The number of ether oxygens (including phenoxy) is 3. The van der Waals surface area contributed by atoms with Crippen LogP contribution in [0.4, 0.5) is 0 Å². The molecular weight excluding hydrogens is 681 g/mol. The van der Waals surface area contributed by atoms with Crippen LogP contribution in [-0.4, -0.2) is 48.7 Å². The number of pyridine rings is 1. The molecule has 0 unspecified atom stereocenters. The highest BCUT2D eigenvalue weighted by Gasteiger charge is 2.10. The summed E-state index contributed by atoms with van der Waals surface area (Å²) in [6.07, 6.45) is 48.2. The summed E-state index contributed by atoms with van der Waals surface area (Å²) in [5.41, 5.74) is 0.852. The average molecular weight is 765 g/mol. The maximum atomic E-state index is 12.5. The zero-order chi connectivity index (χ0) is 39.7. The molecule has 0 amide bonds. The smallest absolute Gasteiger partial charge is 0.307 e. The van der Waals surface area contributed by atoms with Gasteiger partial charge in [-0.15, -0.1) is 0 Å². The van der Waals surface area contributed by atoms with Crippen molar-refractivity contribution in [3.8, 4) is 11.8 Å². The molecule has 0 atom stereocenters. The van der Waals surface area contributed by atoms with E-state index in [-0.39, 0.29) is 12.6 Å². The predicted molar refractivity (Wildman–Crippen MR) is 236 cm³/mol. The SMILES string of the molecule is CCCCCC=CCC=CCCCCCCCCOc1cc(COC(=O)CCN(CC)CC)cc(OCCCCCCCCC=CCC=CCCCCC)n1. The molecule has 1 aromatic heterocycles. The second-order valence-electron chi connectivity index (χ2n) is 15.0. The number of rotatable bonds is 39. The van der Waals surface area contributed by atoms with Crippen LogP contribution in [0.5, 0.6) is 11.8 Å². The highest BCUT2D eigenvalue weighted by atomic mass is 16.5. The lowest BCUT2D eigenvalue weighted by Gasteiger charge is -2.17. The van der Waals surface area contributed by atoms with Crippen LogP contribution in [0.25, 0.3) is 0 Å². The first kappa shape index (κ1) is 50.2. The van der Waals surface area contributed by atoms with Gasteiger partial charge in [0, 0.05) is 24.2 Å². The van der Waals surface area contributed by atoms with E-state index >= 15 is 0 Å². The van der Waals surface area contributed by atoms with Gasteiger partial charge >= 0.3 is 5.97 Å². The molecule has 314 valence electrons. The van der Waals surface area contributed by atoms with Crippen molar-refractivity contribution in [2.75, 3.05) is 32.8 Å². The van der Waals surface area contributed by atoms with Crippen molar-refractivity contribution >= 4 is 5.97 Å². The number of esters is 1. The molecule has 6 nitrogen and oxygen atoms in total. The van der Waals surface area contributed by atoms with Crippen molar-refractivity contribution in [3.05, 3.63) is 66.3 Å². The van der Waals surface area contributed by atoms with Gasteiger partial charge in [0.05, 0.1) is 19.6 Å². The summed E-state index contributed by atoms with van der Waals surface area (Å²) in [5, 5.41) is 0. The van der Waals surface area contributed by atoms with Gasteiger partial charge in [0.25, 0.3) is 0 Å². The molecule has 0 spiro atoms. The average Bonchev–Trinajstić information content (AvgIpc) is 3.19. The number of hydrogen-bond acceptors (Lipinski definition) is 6. The lowest BCUT2D eigenvalue weighted by Crippen LogP contribution is -2.26. The molecule has 1 rings (SSSR count). The van der Waals surface area contributed by atoms with Gasteiger partial charge < -0.3 is 19.1 Å². The standard InChI is InChI=1S/C49H84N2O4/c1-5-9-11-13-15-17-19-21-23-25-27-29-31-33-35-37-41-53-47-43-46(45-55-49(52)39-40-51(7-3)8-4)44-48(50-47)54-42-38-36-34-32-30-28-26-24-22-20-18-16-14-12-10-6-2/h15-18,21-24,43-44H,5-14,19-20,25-42,45H2,1-4H3. The van der Waals surface area contributed by atoms with Crippen LogP contribution in [0.2, 0.25) is 0 Å². The Morgan fingerprint density at radius 1 is 0.545 bits per heavy atom. The molecular formula is C49H84N2O4. The van der Waals surface area contributed by atoms with E-state index in [0.29, 0.717) is 37.9 Å². The van der Waals surface area contributed by atoms with Crippen LogP contribution in [-0.2, 0) is 16.1 Å². The summed E-state index contributed by atoms with van der Waals surface area (Å²) in [6.45, 7) is 12.8. The lowest BCUT2D eigenvalue weighted by atomic mass is 10.1. The van der Waals surface area contributed by atoms with E-state index in [0.717, 1.165) is 57.2 Å². The Hall–Kier alpha value is -2.86. The lowest BCUT2D eigenvalue weighted by molar-refractivity contribution is -0.145. The normalized spacial score (nSPS) is 12.0. The maximum absolute atomic E-state index is 12.5. The van der Waals surface area contributed by atoms with Gasteiger partial charge in [-0.2, -0.15) is 4.98 Å². The second kappa shape index (κ2) is 39.4. The highest BCUT2D eigenvalue weighted by Crippen LogP contribution is 2.21. The number of unbranched alkanes of at least 4 members (excludes halogenated alkanes) is 18. The third-order valence-electron chi connectivity index (χ3n) is 9.95. The highest BCUT2D eigenvalue weighted by molar-refractivity contribution is 5.69. The van der Waals surface area contributed by atoms with Gasteiger partial charge in [-0.25, -0.2) is 0 Å². The van der Waals surface area contributed by atoms with Crippen LogP contribution in [0, 0.1) is 0 Å². The van der Waals surface area contributed by atoms with E-state index in [9.17, 15) is 4.79 Å². The number of carbonyl (C=O) groups is 1. The molecule has 55 heavy (non-hydrogen) atoms. The van der Waals surface area contributed by atoms with E-state index in [1.807, 2.05) is 12.1 Å². The third kappa shape index (κ3) is 33.0. The predicted octanol–water partition coefficient (Wildman–Crippen LogP) is 14.2. The zero-order valence-corrected chi connectivity index (χ0v) is 36.2. The van der Waals surface area contributed by atoms with E-state index in [1.54, 1.807) is 0 Å². The van der Waals surface area contributed by atoms with Crippen LogP contribution in [0.3, 0.4) is 0 Å². The van der Waals surface area contributed by atoms with Crippen LogP contribution in [0.1, 0.15) is 194 Å². The molecule has 0 aliphatic rings. The van der Waals surface area contributed by atoms with E-state index < -0.39 is 0 Å². The number of allylic oxidation sites excluding steroid dienone is 8. The Bertz CT molecular complexity index is 1060. The molecule has 0 aromatic carbocycles. The second-order valence-corrected chi connectivity index (χ2v) is 15.0. The van der Waals surface area contributed by atoms with Gasteiger partial charge in [-0.05, 0) is 90.1 Å². The largest absolute Gasteiger partial charge is 0.478 e. The fourth-order valence-electron chi connectivity index (χ4n) is 6.32. The first-order valence-corrected chi connectivity index (χ1v) is 22.9. The van der Waals surface area contributed by atoms with Gasteiger partial charge in [0.2, 0.25) is 11.8 Å². The molecule has 0 fully saturated rings. The van der Waals surface area contributed by atoms with Crippen molar-refractivity contribution in [2.24, 2.45) is 0 Å². The first-order chi connectivity index (χ1) is 27.1. The van der Waals surface area contributed by atoms with E-state index in [4.69, 9.17) is 14.2 Å². The number of aromatic nitrogens is 1. The Kier molecular flexibility index (Phi) is 35.9. The van der Waals surface area contributed by atoms with Crippen LogP contribution < -0.4 is 9.47 Å². The Morgan fingerprint density at radius 3 is 1.36 bits per heavy atom. The zero-order valence-electron chi connectivity index (χ0n) is 36.2. The fourth-order valence-corrected chi connectivity index (χ4v) is 6.32. The Morgan fingerprint density at radius 2 is 0.945 bits per heavy atom. The van der Waals surface area contributed by atoms with E-state index in [2.05, 4.69) is 86.2 Å². The molecule has 1 aromatic rings. The van der Waals surface area contributed by atoms with E-state index in [1.165, 1.54) is 116 Å². The van der Waals surface area contributed by atoms with Gasteiger partial charge in [0.15, 0.2) is 0 Å². The van der Waals surface area contributed by atoms with Crippen molar-refractivity contribution in [3.63, 3.8) is 0 Å². The summed E-state index contributed by atoms with van der Waals surface area (Å²) in [6, 6.07) is 3.78. The summed E-state index contributed by atoms with van der Waals surface area (Å²) in [5.74, 6) is 0.911. The first-order valence-electron chi connectivity index (χ1n) is 22.9. The minimum atomic E-state index is -0.184. The minimum absolute atomic E-state index is 0.184. The molecule has 0 radical (unpaired) electrons.